The first-order valence-corrected chi connectivity index (χ1v) is 8.97. The van der Waals surface area contributed by atoms with Crippen molar-refractivity contribution in [3.63, 3.8) is 0 Å². The Morgan fingerprint density at radius 2 is 1.96 bits per heavy atom. The van der Waals surface area contributed by atoms with E-state index in [4.69, 9.17) is 13.9 Å². The maximum absolute atomic E-state index is 12.1. The highest BCUT2D eigenvalue weighted by Crippen LogP contribution is 2.16. The molecule has 1 N–H and O–H groups in total. The molecule has 0 aliphatic heterocycles. The first-order valence-electron chi connectivity index (χ1n) is 8.09. The van der Waals surface area contributed by atoms with Crippen molar-refractivity contribution in [2.45, 2.75) is 13.2 Å². The molecule has 0 radical (unpaired) electrons. The zero-order valence-corrected chi connectivity index (χ0v) is 14.8. The second kappa shape index (κ2) is 7.46. The second-order valence-corrected chi connectivity index (χ2v) is 6.51. The summed E-state index contributed by atoms with van der Waals surface area (Å²) in [5, 5.41) is 1.78. The number of hydrogen-bond acceptors (Lipinski definition) is 7. The summed E-state index contributed by atoms with van der Waals surface area (Å²) in [6.45, 7) is 0.0391. The number of H-pyrrole nitrogens is 1. The molecule has 7 nitrogen and oxygen atoms in total. The molecule has 3 aromatic heterocycles. The number of rotatable bonds is 6. The van der Waals surface area contributed by atoms with Crippen LogP contribution in [0.25, 0.3) is 10.2 Å². The molecule has 4 aromatic rings. The van der Waals surface area contributed by atoms with Gasteiger partial charge in [0.25, 0.3) is 5.56 Å². The molecule has 3 heterocycles. The molecule has 0 saturated heterocycles. The predicted molar refractivity (Wildman–Crippen MR) is 98.8 cm³/mol. The van der Waals surface area contributed by atoms with Crippen LogP contribution in [-0.4, -0.2) is 15.9 Å². The maximum atomic E-state index is 12.1. The minimum atomic E-state index is -0.644. The zero-order chi connectivity index (χ0) is 18.6. The summed E-state index contributed by atoms with van der Waals surface area (Å²) in [5.41, 5.74) is 0.326. The van der Waals surface area contributed by atoms with Gasteiger partial charge in [-0.1, -0.05) is 18.2 Å². The van der Waals surface area contributed by atoms with Gasteiger partial charge in [0.1, 0.15) is 35.2 Å². The number of furan rings is 1. The summed E-state index contributed by atoms with van der Waals surface area (Å²) >= 11 is 1.31. The van der Waals surface area contributed by atoms with E-state index in [1.165, 1.54) is 17.4 Å². The lowest BCUT2D eigenvalue weighted by molar-refractivity contribution is 0.0422. The summed E-state index contributed by atoms with van der Waals surface area (Å²) in [5.74, 6) is 0.891. The number of aromatic nitrogens is 2. The van der Waals surface area contributed by atoms with Gasteiger partial charge in [-0.2, -0.15) is 0 Å². The number of nitrogens with zero attached hydrogens (tertiary/aromatic N) is 1. The van der Waals surface area contributed by atoms with Crippen LogP contribution in [0.5, 0.6) is 5.75 Å². The summed E-state index contributed by atoms with van der Waals surface area (Å²) in [6, 6.07) is 14.2. The van der Waals surface area contributed by atoms with Gasteiger partial charge in [-0.15, -0.1) is 11.3 Å². The number of ether oxygens (including phenoxy) is 2. The SMILES string of the molecule is O=C(OCc1nc2ccsc2c(=O)[nH]1)c1ccc(COc2ccccc2)o1. The topological polar surface area (TPSA) is 94.4 Å². The van der Waals surface area contributed by atoms with E-state index in [0.29, 0.717) is 21.7 Å². The summed E-state index contributed by atoms with van der Waals surface area (Å²) < 4.78 is 16.7. The molecule has 1 aromatic carbocycles. The standard InChI is InChI=1S/C19H14N2O5S/c22-18-17-14(8-9-27-17)20-16(21-18)11-25-19(23)15-7-6-13(26-15)10-24-12-4-2-1-3-5-12/h1-9H,10-11H2,(H,20,21,22). The first kappa shape index (κ1) is 17.0. The smallest absolute Gasteiger partial charge is 0.374 e. The van der Waals surface area contributed by atoms with Crippen LogP contribution in [0.2, 0.25) is 0 Å². The van der Waals surface area contributed by atoms with Crippen LogP contribution in [0.1, 0.15) is 22.1 Å². The van der Waals surface area contributed by atoms with Crippen LogP contribution in [0.15, 0.2) is 63.1 Å². The van der Waals surface area contributed by atoms with E-state index >= 15 is 0 Å². The molecule has 0 aliphatic carbocycles. The minimum Gasteiger partial charge on any atom is -0.486 e. The molecule has 27 heavy (non-hydrogen) atoms. The molecule has 0 amide bonds. The second-order valence-electron chi connectivity index (χ2n) is 5.59. The molecule has 136 valence electrons. The Labute approximate surface area is 157 Å². The van der Waals surface area contributed by atoms with E-state index in [-0.39, 0.29) is 30.4 Å². The fourth-order valence-corrected chi connectivity index (χ4v) is 3.16. The maximum Gasteiger partial charge on any atom is 0.374 e. The molecule has 0 unspecified atom stereocenters. The van der Waals surface area contributed by atoms with Gasteiger partial charge in [0.15, 0.2) is 0 Å². The predicted octanol–water partition coefficient (Wildman–Crippen LogP) is 3.51. The van der Waals surface area contributed by atoms with Crippen molar-refractivity contribution in [1.82, 2.24) is 9.97 Å². The lowest BCUT2D eigenvalue weighted by Gasteiger charge is -2.04. The molecular weight excluding hydrogens is 368 g/mol. The molecule has 0 fully saturated rings. The highest BCUT2D eigenvalue weighted by molar-refractivity contribution is 7.17. The van der Waals surface area contributed by atoms with Crippen LogP contribution in [0.3, 0.4) is 0 Å². The van der Waals surface area contributed by atoms with Crippen LogP contribution in [0, 0.1) is 0 Å². The highest BCUT2D eigenvalue weighted by atomic mass is 32.1. The normalized spacial score (nSPS) is 10.8. The van der Waals surface area contributed by atoms with Gasteiger partial charge in [-0.05, 0) is 35.7 Å². The van der Waals surface area contributed by atoms with E-state index in [9.17, 15) is 9.59 Å². The van der Waals surface area contributed by atoms with E-state index in [0.717, 1.165) is 0 Å². The van der Waals surface area contributed by atoms with Crippen molar-refractivity contribution in [2.75, 3.05) is 0 Å². The number of carbonyl (C=O) groups is 1. The van der Waals surface area contributed by atoms with Crippen LogP contribution < -0.4 is 10.3 Å². The van der Waals surface area contributed by atoms with Crippen molar-refractivity contribution in [3.8, 4) is 5.75 Å². The molecule has 0 saturated carbocycles. The van der Waals surface area contributed by atoms with Gasteiger partial charge in [0.2, 0.25) is 5.76 Å². The molecule has 0 bridgehead atoms. The van der Waals surface area contributed by atoms with Crippen LogP contribution in [-0.2, 0) is 18.0 Å². The third-order valence-corrected chi connectivity index (χ3v) is 4.59. The average Bonchev–Trinajstić information content (AvgIpc) is 3.35. The molecule has 8 heteroatoms. The van der Waals surface area contributed by atoms with Crippen LogP contribution >= 0.6 is 11.3 Å². The summed E-state index contributed by atoms with van der Waals surface area (Å²) in [6.07, 6.45) is 0. The fourth-order valence-electron chi connectivity index (χ4n) is 2.43. The largest absolute Gasteiger partial charge is 0.486 e. The highest BCUT2D eigenvalue weighted by Gasteiger charge is 2.14. The molecule has 0 aliphatic rings. The zero-order valence-electron chi connectivity index (χ0n) is 14.0. The number of nitrogens with one attached hydrogen (secondary N) is 1. The van der Waals surface area contributed by atoms with E-state index in [1.807, 2.05) is 30.3 Å². The Morgan fingerprint density at radius 1 is 1.11 bits per heavy atom. The van der Waals surface area contributed by atoms with Crippen molar-refractivity contribution in [2.24, 2.45) is 0 Å². The van der Waals surface area contributed by atoms with Gasteiger partial charge in [0, 0.05) is 0 Å². The monoisotopic (exact) mass is 382 g/mol. The van der Waals surface area contributed by atoms with Crippen molar-refractivity contribution < 1.29 is 18.7 Å². The summed E-state index contributed by atoms with van der Waals surface area (Å²) in [7, 11) is 0. The quantitative estimate of drug-likeness (QED) is 0.513. The molecule has 0 atom stereocenters. The number of aromatic amines is 1. The Hall–Kier alpha value is -3.39. The van der Waals surface area contributed by atoms with Crippen molar-refractivity contribution in [3.05, 3.63) is 81.6 Å². The van der Waals surface area contributed by atoms with Gasteiger partial charge >= 0.3 is 5.97 Å². The lowest BCUT2D eigenvalue weighted by Crippen LogP contribution is -2.13. The van der Waals surface area contributed by atoms with E-state index in [1.54, 1.807) is 17.5 Å². The average molecular weight is 382 g/mol. The Bertz CT molecular complexity index is 1130. The number of fused-ring (bicyclic) bond motifs is 1. The third-order valence-electron chi connectivity index (χ3n) is 3.69. The van der Waals surface area contributed by atoms with Crippen LogP contribution in [0.4, 0.5) is 0 Å². The van der Waals surface area contributed by atoms with Crippen molar-refractivity contribution >= 4 is 27.5 Å². The number of para-hydroxylation sites is 1. The van der Waals surface area contributed by atoms with E-state index in [2.05, 4.69) is 9.97 Å². The Balaban J connectivity index is 1.36. The number of benzene rings is 1. The number of thiophene rings is 1. The minimum absolute atomic E-state index is 0.0561. The molecule has 4 rings (SSSR count). The number of hydrogen-bond donors (Lipinski definition) is 1. The van der Waals surface area contributed by atoms with Gasteiger partial charge < -0.3 is 18.9 Å². The number of carbonyl (C=O) groups excluding carboxylic acids is 1. The van der Waals surface area contributed by atoms with Crippen molar-refractivity contribution in [1.29, 1.82) is 0 Å². The molecule has 0 spiro atoms. The number of esters is 1. The van der Waals surface area contributed by atoms with E-state index < -0.39 is 5.97 Å². The first-order chi connectivity index (χ1) is 13.2. The van der Waals surface area contributed by atoms with Gasteiger partial charge in [-0.25, -0.2) is 9.78 Å². The fraction of sp³-hybridized carbons (Fsp3) is 0.105. The third kappa shape index (κ3) is 3.90. The molecular formula is C19H14N2O5S. The Kier molecular flexibility index (Phi) is 4.71. The Morgan fingerprint density at radius 3 is 2.81 bits per heavy atom. The van der Waals surface area contributed by atoms with Gasteiger partial charge in [-0.3, -0.25) is 4.79 Å². The van der Waals surface area contributed by atoms with Gasteiger partial charge in [0.05, 0.1) is 5.52 Å². The lowest BCUT2D eigenvalue weighted by atomic mass is 10.3. The summed E-state index contributed by atoms with van der Waals surface area (Å²) in [4.78, 5) is 30.9.